The van der Waals surface area contributed by atoms with Gasteiger partial charge in [-0.05, 0) is 79.8 Å². The number of terminal acetylenes is 1. The van der Waals surface area contributed by atoms with Crippen LogP contribution in [0.2, 0.25) is 0 Å². The fourth-order valence-electron chi connectivity index (χ4n) is 11.3. The van der Waals surface area contributed by atoms with Gasteiger partial charge < -0.3 is 48.7 Å². The number of nitrogens with one attached hydrogen (secondary N) is 2. The number of aromatic amines is 1. The molecule has 1 unspecified atom stereocenters. The van der Waals surface area contributed by atoms with Crippen LogP contribution in [0.4, 0.5) is 0 Å². The number of hydrogen-bond donors (Lipinski definition) is 5. The summed E-state index contributed by atoms with van der Waals surface area (Å²) in [6.07, 6.45) is 6.11. The van der Waals surface area contributed by atoms with Gasteiger partial charge in [0, 0.05) is 63.4 Å². The molecule has 60 heavy (non-hydrogen) atoms. The Kier molecular flexibility index (Phi) is 9.07. The third-order valence-corrected chi connectivity index (χ3v) is 14.5. The summed E-state index contributed by atoms with van der Waals surface area (Å²) in [5.74, 6) is 0.846. The highest BCUT2D eigenvalue weighted by Crippen LogP contribution is 2.70. The van der Waals surface area contributed by atoms with E-state index in [-0.39, 0.29) is 37.5 Å². The number of aryl methyl sites for hydroxylation is 1. The zero-order valence-electron chi connectivity index (χ0n) is 34.0. The van der Waals surface area contributed by atoms with E-state index in [1.807, 2.05) is 30.0 Å². The Morgan fingerprint density at radius 2 is 1.88 bits per heavy atom. The second-order valence-electron chi connectivity index (χ2n) is 16.6. The van der Waals surface area contributed by atoms with Crippen LogP contribution >= 0.6 is 11.8 Å². The minimum absolute atomic E-state index is 0.0112. The first-order chi connectivity index (χ1) is 28.9. The summed E-state index contributed by atoms with van der Waals surface area (Å²) in [6, 6.07) is 3.78. The number of fused-ring (bicyclic) bond motifs is 11. The van der Waals surface area contributed by atoms with Gasteiger partial charge in [0.15, 0.2) is 23.0 Å². The number of rotatable bonds is 8. The number of methoxy groups -OCH3 is 2. The van der Waals surface area contributed by atoms with E-state index in [9.17, 15) is 24.9 Å². The number of piperazine rings is 1. The summed E-state index contributed by atoms with van der Waals surface area (Å²) < 4.78 is 35.9. The van der Waals surface area contributed by atoms with Crippen molar-refractivity contribution in [2.45, 2.75) is 93.8 Å². The Bertz CT molecular complexity index is 2550. The Hall–Kier alpha value is -5.15. The van der Waals surface area contributed by atoms with E-state index in [0.717, 1.165) is 27.6 Å². The number of ether oxygens (including phenoxy) is 6. The molecule has 1 aromatic heterocycles. The minimum Gasteiger partial charge on any atom is -0.504 e. The molecule has 4 aromatic rings. The van der Waals surface area contributed by atoms with Gasteiger partial charge in [-0.3, -0.25) is 19.9 Å². The van der Waals surface area contributed by atoms with Gasteiger partial charge in [-0.15, -0.1) is 6.42 Å². The van der Waals surface area contributed by atoms with Crippen molar-refractivity contribution >= 4 is 34.6 Å². The van der Waals surface area contributed by atoms with Crippen molar-refractivity contribution in [2.24, 2.45) is 0 Å². The quantitative estimate of drug-likeness (QED) is 0.0955. The van der Waals surface area contributed by atoms with Crippen molar-refractivity contribution in [3.63, 3.8) is 0 Å². The topological polar surface area (TPSA) is 185 Å². The Balaban J connectivity index is 1.14. The lowest BCUT2D eigenvalue weighted by molar-refractivity contribution is -0.249. The van der Waals surface area contributed by atoms with E-state index in [4.69, 9.17) is 34.8 Å². The van der Waals surface area contributed by atoms with Crippen molar-refractivity contribution < 1.29 is 53.3 Å². The molecule has 0 aliphatic carbocycles. The van der Waals surface area contributed by atoms with Crippen LogP contribution in [0.1, 0.15) is 88.3 Å². The number of carbonyl (C=O) groups is 2. The number of aromatic nitrogens is 1. The van der Waals surface area contributed by atoms with Crippen LogP contribution in [0.5, 0.6) is 34.5 Å². The fraction of sp³-hybridized carbons (Fsp3) is 0.455. The number of aliphatic hydroxyl groups excluding tert-OH is 2. The molecule has 7 heterocycles. The minimum atomic E-state index is -1.10. The molecule has 0 spiro atoms. The molecule has 9 atom stereocenters. The van der Waals surface area contributed by atoms with Gasteiger partial charge in [-0.1, -0.05) is 11.8 Å². The van der Waals surface area contributed by atoms with Gasteiger partial charge in [-0.2, -0.15) is 0 Å². The smallest absolute Gasteiger partial charge is 0.329 e. The molecule has 2 fully saturated rings. The van der Waals surface area contributed by atoms with E-state index in [1.54, 1.807) is 14.0 Å². The van der Waals surface area contributed by atoms with Crippen molar-refractivity contribution in [3.8, 4) is 46.2 Å². The first-order valence-corrected chi connectivity index (χ1v) is 20.9. The van der Waals surface area contributed by atoms with Crippen molar-refractivity contribution in [3.05, 3.63) is 68.9 Å². The molecule has 314 valence electrons. The number of phenolic OH excluding ortho intramolecular Hbond substituents is 1. The lowest BCUT2D eigenvalue weighted by Crippen LogP contribution is -2.75. The van der Waals surface area contributed by atoms with Crippen LogP contribution in [0, 0.1) is 25.5 Å². The number of nitrogens with zero attached hydrogens (tertiary/aromatic N) is 2. The molecule has 16 heteroatoms. The summed E-state index contributed by atoms with van der Waals surface area (Å²) in [6.45, 7) is 6.51. The van der Waals surface area contributed by atoms with Crippen LogP contribution in [0.3, 0.4) is 0 Å². The van der Waals surface area contributed by atoms with Gasteiger partial charge >= 0.3 is 11.9 Å². The molecule has 2 saturated heterocycles. The summed E-state index contributed by atoms with van der Waals surface area (Å²) in [5, 5.41) is 41.4. The number of phenols is 1. The van der Waals surface area contributed by atoms with Gasteiger partial charge in [0.2, 0.25) is 6.79 Å². The van der Waals surface area contributed by atoms with Gasteiger partial charge in [0.1, 0.15) is 30.4 Å². The number of aliphatic hydroxyl groups is 2. The van der Waals surface area contributed by atoms with E-state index >= 15 is 0 Å². The van der Waals surface area contributed by atoms with Gasteiger partial charge in [0.05, 0.1) is 44.2 Å². The molecule has 0 saturated carbocycles. The van der Waals surface area contributed by atoms with E-state index < -0.39 is 59.2 Å². The number of benzene rings is 3. The maximum absolute atomic E-state index is 14.6. The van der Waals surface area contributed by atoms with E-state index in [0.29, 0.717) is 63.8 Å². The standard InChI is InChI=1S/C44H46N4O11S/c1-8-60-41-31-30(40-39(57-17-58-40)19(3)38(31)59-20(4)50)28(16-56-43(53)33-32-24(12-21(15-49)45-33)23-13-22(54-6)9-10-26(23)46-32)47-35(41)34-29-25(11-18(2)37(55-7)36(29)51)44(5)14-27(42(47)52)48(34)44/h1,9-11,13,21,27-28,33-35,41-42,45-46,49,51-52H,12,14-17H2,2-7H3/t21-,27-,28+,33-,34-,35-,41-,42+,44?/m1/s1. The Morgan fingerprint density at radius 3 is 2.60 bits per heavy atom. The van der Waals surface area contributed by atoms with Crippen molar-refractivity contribution in [2.75, 3.05) is 34.2 Å². The molecule has 5 N–H and O–H groups in total. The number of thioether (sulfide) groups is 1. The zero-order valence-corrected chi connectivity index (χ0v) is 34.8. The van der Waals surface area contributed by atoms with Gasteiger partial charge in [-0.25, -0.2) is 4.79 Å². The maximum Gasteiger partial charge on any atom is 0.329 e. The fourth-order valence-corrected chi connectivity index (χ4v) is 12.2. The first kappa shape index (κ1) is 39.0. The van der Waals surface area contributed by atoms with Crippen LogP contribution in [-0.2, 0) is 26.3 Å². The first-order valence-electron chi connectivity index (χ1n) is 20.0. The highest BCUT2D eigenvalue weighted by molar-refractivity contribution is 8.04. The second kappa shape index (κ2) is 13.9. The molecule has 0 radical (unpaired) electrons. The second-order valence-corrected chi connectivity index (χ2v) is 17.6. The molecule has 0 amide bonds. The third kappa shape index (κ3) is 5.23. The number of H-pyrrole nitrogens is 1. The summed E-state index contributed by atoms with van der Waals surface area (Å²) in [4.78, 5) is 35.1. The summed E-state index contributed by atoms with van der Waals surface area (Å²) in [7, 11) is 3.11. The predicted octanol–water partition coefficient (Wildman–Crippen LogP) is 4.42. The molecule has 3 aromatic carbocycles. The van der Waals surface area contributed by atoms with Crippen LogP contribution < -0.4 is 29.0 Å². The summed E-state index contributed by atoms with van der Waals surface area (Å²) >= 11 is 1.18. The average molecular weight is 839 g/mol. The lowest BCUT2D eigenvalue weighted by Gasteiger charge is -2.66. The normalized spacial score (nSPS) is 29.3. The molecule has 15 nitrogen and oxygen atoms in total. The Morgan fingerprint density at radius 1 is 1.10 bits per heavy atom. The van der Waals surface area contributed by atoms with E-state index in [1.165, 1.54) is 25.8 Å². The summed E-state index contributed by atoms with van der Waals surface area (Å²) in [5.41, 5.74) is 5.75. The Labute approximate surface area is 350 Å². The van der Waals surface area contributed by atoms with Gasteiger partial charge in [0.25, 0.3) is 0 Å². The van der Waals surface area contributed by atoms with Crippen LogP contribution in [0.25, 0.3) is 10.9 Å². The average Bonchev–Trinajstić information content (AvgIpc) is 3.91. The highest BCUT2D eigenvalue weighted by Gasteiger charge is 2.70. The molecular formula is C44H46N4O11S. The number of hydrogen-bond acceptors (Lipinski definition) is 15. The van der Waals surface area contributed by atoms with Crippen LogP contribution in [0.15, 0.2) is 24.3 Å². The monoisotopic (exact) mass is 838 g/mol. The number of carbonyl (C=O) groups excluding carboxylic acids is 2. The zero-order chi connectivity index (χ0) is 42.1. The molecular weight excluding hydrogens is 793 g/mol. The number of aromatic hydroxyl groups is 1. The molecule has 6 aliphatic heterocycles. The highest BCUT2D eigenvalue weighted by atomic mass is 32.2. The molecule has 6 aliphatic rings. The number of esters is 2. The van der Waals surface area contributed by atoms with Crippen molar-refractivity contribution in [1.29, 1.82) is 0 Å². The van der Waals surface area contributed by atoms with Crippen molar-refractivity contribution in [1.82, 2.24) is 20.1 Å². The molecule has 10 rings (SSSR count). The largest absolute Gasteiger partial charge is 0.504 e. The SMILES string of the molecule is C#CS[C@@H]1c2c(OC(C)=O)c(C)c3c(c2[C@H](COC(=O)[C@@H]2N[C@@H](CO)Cc4c2[nH]c2ccc(OC)cc42)N2[C@@H]1[C@H]1c4c(cc(C)c(OC)c4O)C4(C)C[C@H]([C@@H]2O)N14)OCO3. The molecule has 0 bridgehead atoms. The third-order valence-electron chi connectivity index (χ3n) is 13.6. The maximum atomic E-state index is 14.6. The van der Waals surface area contributed by atoms with E-state index in [2.05, 4.69) is 33.4 Å². The van der Waals surface area contributed by atoms with Crippen LogP contribution in [-0.4, -0.2) is 101 Å². The lowest BCUT2D eigenvalue weighted by atomic mass is 9.72. The predicted molar refractivity (Wildman–Crippen MR) is 218 cm³/mol.